The van der Waals surface area contributed by atoms with Crippen molar-refractivity contribution < 1.29 is 19.1 Å². The minimum atomic E-state index is -1.20. The summed E-state index contributed by atoms with van der Waals surface area (Å²) in [5, 5.41) is 9.18. The number of carbonyl (C=O) groups excluding carboxylic acids is 2. The third kappa shape index (κ3) is 8.34. The molecule has 0 aliphatic carbocycles. The van der Waals surface area contributed by atoms with E-state index >= 15 is 0 Å². The Bertz CT molecular complexity index is 932. The molecular formula is C27H34N2O4. The lowest BCUT2D eigenvalue weighted by Gasteiger charge is -2.17. The minimum absolute atomic E-state index is 0.238. The Hall–Kier alpha value is -3.20. The van der Waals surface area contributed by atoms with Crippen molar-refractivity contribution in [3.05, 3.63) is 53.9 Å². The average Bonchev–Trinajstić information content (AvgIpc) is 2.84. The molecule has 1 atom stereocenters. The first kappa shape index (κ1) is 26.1. The summed E-state index contributed by atoms with van der Waals surface area (Å²) in [5.74, 6) is -0.571. The number of esters is 2. The number of nitrogens with zero attached hydrogens (tertiary/aromatic N) is 2. The van der Waals surface area contributed by atoms with Crippen LogP contribution in [-0.2, 0) is 11.2 Å². The molecule has 2 rings (SSSR count). The van der Waals surface area contributed by atoms with Gasteiger partial charge < -0.3 is 9.47 Å². The zero-order valence-electron chi connectivity index (χ0n) is 19.9. The molecule has 0 N–H and O–H groups in total. The first-order valence-corrected chi connectivity index (χ1v) is 11.8. The van der Waals surface area contributed by atoms with Crippen molar-refractivity contribution in [3.63, 3.8) is 0 Å². The molecule has 1 aromatic carbocycles. The van der Waals surface area contributed by atoms with E-state index in [2.05, 4.69) is 11.9 Å². The first-order valence-electron chi connectivity index (χ1n) is 11.8. The Morgan fingerprint density at radius 2 is 1.52 bits per heavy atom. The van der Waals surface area contributed by atoms with E-state index < -0.39 is 17.4 Å². The molecule has 0 fully saturated rings. The topological polar surface area (TPSA) is 89.3 Å². The van der Waals surface area contributed by atoms with Gasteiger partial charge in [-0.2, -0.15) is 5.26 Å². The number of hydrogen-bond acceptors (Lipinski definition) is 6. The second kappa shape index (κ2) is 13.4. The van der Waals surface area contributed by atoms with Crippen LogP contribution in [0.1, 0.15) is 88.2 Å². The highest BCUT2D eigenvalue weighted by Gasteiger charge is 2.33. The molecule has 6 nitrogen and oxygen atoms in total. The second-order valence-electron chi connectivity index (χ2n) is 8.47. The lowest BCUT2D eigenvalue weighted by molar-refractivity contribution is -0.142. The standard InChI is InChI=1S/C27H34N2O4/c1-4-6-7-8-9-10-11-12-21-13-18-24(29-19-21)25(30)32-22-14-16-23(17-15-22)33-26(31)27(3,5-2)20-28/h13-19H,4-12H2,1-3H3. The van der Waals surface area contributed by atoms with Gasteiger partial charge in [-0.25, -0.2) is 14.6 Å². The fourth-order valence-electron chi connectivity index (χ4n) is 3.20. The van der Waals surface area contributed by atoms with Gasteiger partial charge in [0.15, 0.2) is 5.41 Å². The molecular weight excluding hydrogens is 416 g/mol. The Morgan fingerprint density at radius 1 is 0.909 bits per heavy atom. The van der Waals surface area contributed by atoms with E-state index in [1.54, 1.807) is 26.1 Å². The van der Waals surface area contributed by atoms with Gasteiger partial charge in [0.1, 0.15) is 17.2 Å². The molecule has 0 saturated heterocycles. The number of aromatic nitrogens is 1. The Morgan fingerprint density at radius 3 is 2.06 bits per heavy atom. The van der Waals surface area contributed by atoms with Gasteiger partial charge in [0.25, 0.3) is 0 Å². The van der Waals surface area contributed by atoms with Crippen LogP contribution < -0.4 is 9.47 Å². The number of ether oxygens (including phenoxy) is 2. The number of pyridine rings is 1. The maximum atomic E-state index is 12.4. The maximum absolute atomic E-state index is 12.4. The summed E-state index contributed by atoms with van der Waals surface area (Å²) in [7, 11) is 0. The van der Waals surface area contributed by atoms with Crippen LogP contribution in [0, 0.1) is 16.7 Å². The monoisotopic (exact) mass is 450 g/mol. The number of benzene rings is 1. The molecule has 0 amide bonds. The van der Waals surface area contributed by atoms with Gasteiger partial charge in [-0.3, -0.25) is 0 Å². The van der Waals surface area contributed by atoms with Crippen molar-refractivity contribution in [2.75, 3.05) is 0 Å². The molecule has 176 valence electrons. The van der Waals surface area contributed by atoms with Crippen molar-refractivity contribution in [2.45, 2.75) is 78.6 Å². The van der Waals surface area contributed by atoms with Crippen LogP contribution in [-0.4, -0.2) is 16.9 Å². The summed E-state index contributed by atoms with van der Waals surface area (Å²) < 4.78 is 10.6. The van der Waals surface area contributed by atoms with Gasteiger partial charge in [0, 0.05) is 6.20 Å². The van der Waals surface area contributed by atoms with Crippen molar-refractivity contribution in [3.8, 4) is 17.6 Å². The Labute approximate surface area is 196 Å². The lowest BCUT2D eigenvalue weighted by Crippen LogP contribution is -2.29. The Kier molecular flexibility index (Phi) is 10.6. The average molecular weight is 451 g/mol. The zero-order valence-corrected chi connectivity index (χ0v) is 19.9. The number of rotatable bonds is 13. The number of nitriles is 1. The van der Waals surface area contributed by atoms with Gasteiger partial charge in [-0.15, -0.1) is 0 Å². The van der Waals surface area contributed by atoms with Crippen molar-refractivity contribution in [1.82, 2.24) is 4.98 Å². The predicted molar refractivity (Wildman–Crippen MR) is 127 cm³/mol. The normalized spacial score (nSPS) is 12.4. The molecule has 0 bridgehead atoms. The molecule has 33 heavy (non-hydrogen) atoms. The van der Waals surface area contributed by atoms with E-state index in [9.17, 15) is 14.9 Å². The summed E-state index contributed by atoms with van der Waals surface area (Å²) in [6, 6.07) is 11.7. The molecule has 0 radical (unpaired) electrons. The lowest BCUT2D eigenvalue weighted by atomic mass is 9.90. The van der Waals surface area contributed by atoms with E-state index in [-0.39, 0.29) is 11.4 Å². The molecule has 0 aliphatic rings. The van der Waals surface area contributed by atoms with Crippen LogP contribution in [0.4, 0.5) is 0 Å². The van der Waals surface area contributed by atoms with Crippen LogP contribution in [0.25, 0.3) is 0 Å². The van der Waals surface area contributed by atoms with E-state index in [1.165, 1.54) is 62.8 Å². The molecule has 6 heteroatoms. The quantitative estimate of drug-likeness (QED) is 0.198. The third-order valence-electron chi connectivity index (χ3n) is 5.75. The second-order valence-corrected chi connectivity index (χ2v) is 8.47. The van der Waals surface area contributed by atoms with Gasteiger partial charge in [-0.05, 0) is 62.1 Å². The first-order chi connectivity index (χ1) is 15.9. The smallest absolute Gasteiger partial charge is 0.362 e. The Balaban J connectivity index is 1.81. The summed E-state index contributed by atoms with van der Waals surface area (Å²) >= 11 is 0. The van der Waals surface area contributed by atoms with Crippen LogP contribution in [0.5, 0.6) is 11.5 Å². The highest BCUT2D eigenvalue weighted by atomic mass is 16.5. The largest absolute Gasteiger partial charge is 0.425 e. The van der Waals surface area contributed by atoms with Crippen LogP contribution in [0.3, 0.4) is 0 Å². The molecule has 2 aromatic rings. The van der Waals surface area contributed by atoms with Gasteiger partial charge in [-0.1, -0.05) is 58.4 Å². The highest BCUT2D eigenvalue weighted by molar-refractivity contribution is 5.89. The van der Waals surface area contributed by atoms with Crippen molar-refractivity contribution >= 4 is 11.9 Å². The van der Waals surface area contributed by atoms with Crippen LogP contribution in [0.15, 0.2) is 42.6 Å². The molecule has 0 aliphatic heterocycles. The molecule has 0 saturated carbocycles. The van der Waals surface area contributed by atoms with E-state index in [0.717, 1.165) is 18.4 Å². The van der Waals surface area contributed by atoms with Crippen LogP contribution >= 0.6 is 0 Å². The van der Waals surface area contributed by atoms with Crippen molar-refractivity contribution in [1.29, 1.82) is 5.26 Å². The molecule has 1 unspecified atom stereocenters. The summed E-state index contributed by atoms with van der Waals surface area (Å²) in [6.45, 7) is 5.52. The predicted octanol–water partition coefficient (Wildman–Crippen LogP) is 6.44. The van der Waals surface area contributed by atoms with Gasteiger partial charge in [0.2, 0.25) is 0 Å². The van der Waals surface area contributed by atoms with Crippen LogP contribution in [0.2, 0.25) is 0 Å². The van der Waals surface area contributed by atoms with E-state index in [0.29, 0.717) is 12.2 Å². The highest BCUT2D eigenvalue weighted by Crippen LogP contribution is 2.25. The number of carbonyl (C=O) groups is 2. The third-order valence-corrected chi connectivity index (χ3v) is 5.75. The SMILES string of the molecule is CCCCCCCCCc1ccc(C(=O)Oc2ccc(OC(=O)C(C)(C#N)CC)cc2)nc1. The minimum Gasteiger partial charge on any atom is -0.425 e. The van der Waals surface area contributed by atoms with Crippen molar-refractivity contribution in [2.24, 2.45) is 5.41 Å². The maximum Gasteiger partial charge on any atom is 0.362 e. The van der Waals surface area contributed by atoms with E-state index in [4.69, 9.17) is 9.47 Å². The number of hydrogen-bond donors (Lipinski definition) is 0. The number of unbranched alkanes of at least 4 members (excludes halogenated alkanes) is 6. The molecule has 1 heterocycles. The van der Waals surface area contributed by atoms with E-state index in [1.807, 2.05) is 12.1 Å². The fraction of sp³-hybridized carbons (Fsp3) is 0.481. The summed E-state index contributed by atoms with van der Waals surface area (Å²) in [4.78, 5) is 28.8. The summed E-state index contributed by atoms with van der Waals surface area (Å²) in [5.41, 5.74) is 0.154. The van der Waals surface area contributed by atoms with Gasteiger partial charge >= 0.3 is 11.9 Å². The number of aryl methyl sites for hydroxylation is 1. The molecule has 0 spiro atoms. The van der Waals surface area contributed by atoms with Gasteiger partial charge in [0.05, 0.1) is 6.07 Å². The molecule has 1 aromatic heterocycles. The summed E-state index contributed by atoms with van der Waals surface area (Å²) in [6.07, 6.45) is 11.9. The fourth-order valence-corrected chi connectivity index (χ4v) is 3.20. The zero-order chi connectivity index (χ0) is 24.1.